The van der Waals surface area contributed by atoms with Crippen molar-refractivity contribution >= 4 is 21.7 Å². The normalized spacial score (nSPS) is 17.0. The Balaban J connectivity index is 1.71. The molecule has 0 bridgehead atoms. The molecule has 0 radical (unpaired) electrons. The van der Waals surface area contributed by atoms with Crippen LogP contribution in [0, 0.1) is 0 Å². The van der Waals surface area contributed by atoms with Crippen LogP contribution in [0.25, 0.3) is 0 Å². The lowest BCUT2D eigenvalue weighted by Gasteiger charge is -2.28. The summed E-state index contributed by atoms with van der Waals surface area (Å²) in [6.45, 7) is 2.18. The van der Waals surface area contributed by atoms with Crippen molar-refractivity contribution in [3.8, 4) is 11.6 Å². The Morgan fingerprint density at radius 2 is 2.10 bits per heavy atom. The summed E-state index contributed by atoms with van der Waals surface area (Å²) in [5.74, 6) is 1.16. The maximum atomic E-state index is 5.75. The van der Waals surface area contributed by atoms with E-state index in [4.69, 9.17) is 10.5 Å². The monoisotopic (exact) mass is 352 g/mol. The fourth-order valence-corrected chi connectivity index (χ4v) is 2.64. The summed E-state index contributed by atoms with van der Waals surface area (Å²) < 4.78 is 8.20. The van der Waals surface area contributed by atoms with Crippen LogP contribution in [0.15, 0.2) is 23.2 Å². The largest absolute Gasteiger partial charge is 0.433 e. The number of nitrogen functional groups attached to an aromatic ring is 1. The first kappa shape index (κ1) is 14.3. The minimum absolute atomic E-state index is 0.255. The molecule has 112 valence electrons. The van der Waals surface area contributed by atoms with Gasteiger partial charge < -0.3 is 15.4 Å². The Labute approximate surface area is 131 Å². The van der Waals surface area contributed by atoms with Gasteiger partial charge in [-0.1, -0.05) is 0 Å². The third kappa shape index (κ3) is 3.33. The maximum absolute atomic E-state index is 5.75. The summed E-state index contributed by atoms with van der Waals surface area (Å²) in [7, 11) is 2.14. The molecule has 1 aliphatic heterocycles. The van der Waals surface area contributed by atoms with Crippen LogP contribution in [0.3, 0.4) is 0 Å². The molecule has 1 fully saturated rings. The van der Waals surface area contributed by atoms with E-state index in [-0.39, 0.29) is 11.7 Å². The Morgan fingerprint density at radius 1 is 1.33 bits per heavy atom. The van der Waals surface area contributed by atoms with E-state index in [9.17, 15) is 0 Å². The highest BCUT2D eigenvalue weighted by molar-refractivity contribution is 9.10. The van der Waals surface area contributed by atoms with E-state index in [2.05, 4.69) is 42.9 Å². The number of piperidine rings is 1. The third-order valence-corrected chi connectivity index (χ3v) is 3.97. The first-order valence-electron chi connectivity index (χ1n) is 6.80. The van der Waals surface area contributed by atoms with E-state index in [0.29, 0.717) is 16.4 Å². The molecule has 0 aromatic carbocycles. The Hall–Kier alpha value is -1.67. The number of ether oxygens (including phenoxy) is 1. The van der Waals surface area contributed by atoms with Gasteiger partial charge in [-0.15, -0.1) is 0 Å². The topological polar surface area (TPSA) is 82.1 Å². The average Bonchev–Trinajstić information content (AvgIpc) is 2.92. The second-order valence-corrected chi connectivity index (χ2v) is 5.99. The molecule has 2 aromatic rings. The molecule has 21 heavy (non-hydrogen) atoms. The summed E-state index contributed by atoms with van der Waals surface area (Å²) in [5.41, 5.74) is 5.75. The van der Waals surface area contributed by atoms with Crippen LogP contribution >= 0.6 is 15.9 Å². The van der Waals surface area contributed by atoms with Crippen molar-refractivity contribution in [2.75, 3.05) is 25.9 Å². The highest BCUT2D eigenvalue weighted by Crippen LogP contribution is 2.27. The number of anilines is 1. The number of halogens is 1. The highest BCUT2D eigenvalue weighted by Gasteiger charge is 2.19. The van der Waals surface area contributed by atoms with Gasteiger partial charge in [-0.05, 0) is 48.9 Å². The second-order valence-electron chi connectivity index (χ2n) is 5.18. The predicted octanol–water partition coefficient (Wildman–Crippen LogP) is 2.08. The molecule has 0 amide bonds. The van der Waals surface area contributed by atoms with Crippen LogP contribution in [0.1, 0.15) is 18.9 Å². The van der Waals surface area contributed by atoms with Crippen molar-refractivity contribution in [1.82, 2.24) is 24.6 Å². The van der Waals surface area contributed by atoms with Crippen molar-refractivity contribution in [2.45, 2.75) is 18.9 Å². The number of likely N-dealkylation sites (tertiary alicyclic amines) is 1. The average molecular weight is 353 g/mol. The molecule has 2 N–H and O–H groups in total. The van der Waals surface area contributed by atoms with Gasteiger partial charge in [-0.2, -0.15) is 5.10 Å². The molecule has 1 aliphatic rings. The minimum atomic E-state index is 0.255. The van der Waals surface area contributed by atoms with Crippen LogP contribution in [0.4, 0.5) is 5.82 Å². The minimum Gasteiger partial charge on any atom is -0.433 e. The summed E-state index contributed by atoms with van der Waals surface area (Å²) in [5, 5.41) is 4.39. The molecule has 3 rings (SSSR count). The number of hydrogen-bond donors (Lipinski definition) is 1. The smallest absolute Gasteiger partial charge is 0.263 e. The van der Waals surface area contributed by atoms with Crippen LogP contribution < -0.4 is 10.5 Å². The first-order valence-corrected chi connectivity index (χ1v) is 7.59. The molecule has 0 atom stereocenters. The first-order chi connectivity index (χ1) is 10.1. The molecule has 7 nitrogen and oxygen atoms in total. The highest BCUT2D eigenvalue weighted by atomic mass is 79.9. The SMILES string of the molecule is CN1CCC(n2cc(Oc3nc(Br)cnc3N)cn2)CC1. The van der Waals surface area contributed by atoms with Crippen molar-refractivity contribution < 1.29 is 4.74 Å². The number of nitrogens with zero attached hydrogens (tertiary/aromatic N) is 5. The fraction of sp³-hybridized carbons (Fsp3) is 0.462. The fourth-order valence-electron chi connectivity index (χ4n) is 2.38. The molecule has 0 unspecified atom stereocenters. The molecule has 2 aromatic heterocycles. The van der Waals surface area contributed by atoms with E-state index in [0.717, 1.165) is 25.9 Å². The lowest BCUT2D eigenvalue weighted by atomic mass is 10.1. The third-order valence-electron chi connectivity index (χ3n) is 3.59. The van der Waals surface area contributed by atoms with Gasteiger partial charge in [0.2, 0.25) is 0 Å². The zero-order valence-corrected chi connectivity index (χ0v) is 13.3. The molecule has 0 saturated carbocycles. The standard InChI is InChI=1S/C13H17BrN6O/c1-19-4-2-9(3-5-19)20-8-10(6-17-20)21-13-12(15)16-7-11(14)18-13/h6-9H,2-5H2,1H3,(H2,15,16). The summed E-state index contributed by atoms with van der Waals surface area (Å²) in [6.07, 6.45) is 7.29. The number of aromatic nitrogens is 4. The summed E-state index contributed by atoms with van der Waals surface area (Å²) in [6, 6.07) is 0.421. The lowest BCUT2D eigenvalue weighted by Crippen LogP contribution is -2.31. The van der Waals surface area contributed by atoms with Gasteiger partial charge in [-0.3, -0.25) is 4.68 Å². The van der Waals surface area contributed by atoms with Gasteiger partial charge in [-0.25, -0.2) is 9.97 Å². The van der Waals surface area contributed by atoms with Crippen LogP contribution in [0.5, 0.6) is 11.6 Å². The van der Waals surface area contributed by atoms with Crippen molar-refractivity contribution in [3.05, 3.63) is 23.2 Å². The quantitative estimate of drug-likeness (QED) is 0.910. The van der Waals surface area contributed by atoms with Gasteiger partial charge in [0.25, 0.3) is 5.88 Å². The van der Waals surface area contributed by atoms with Gasteiger partial charge in [0, 0.05) is 0 Å². The Bertz CT molecular complexity index is 623. The molecular weight excluding hydrogens is 336 g/mol. The zero-order chi connectivity index (χ0) is 14.8. The van der Waals surface area contributed by atoms with E-state index in [1.807, 2.05) is 10.9 Å². The van der Waals surface area contributed by atoms with E-state index < -0.39 is 0 Å². The van der Waals surface area contributed by atoms with Gasteiger partial charge in [0.1, 0.15) is 4.60 Å². The maximum Gasteiger partial charge on any atom is 0.263 e. The van der Waals surface area contributed by atoms with Gasteiger partial charge >= 0.3 is 0 Å². The molecule has 1 saturated heterocycles. The van der Waals surface area contributed by atoms with Crippen molar-refractivity contribution in [2.24, 2.45) is 0 Å². The predicted molar refractivity (Wildman–Crippen MR) is 82.2 cm³/mol. The zero-order valence-electron chi connectivity index (χ0n) is 11.7. The molecular formula is C13H17BrN6O. The van der Waals surface area contributed by atoms with Crippen molar-refractivity contribution in [3.63, 3.8) is 0 Å². The van der Waals surface area contributed by atoms with Gasteiger partial charge in [0.05, 0.1) is 24.6 Å². The molecule has 0 spiro atoms. The van der Waals surface area contributed by atoms with Gasteiger partial charge in [0.15, 0.2) is 11.6 Å². The lowest BCUT2D eigenvalue weighted by molar-refractivity contribution is 0.212. The number of hydrogen-bond acceptors (Lipinski definition) is 6. The Morgan fingerprint density at radius 3 is 2.86 bits per heavy atom. The van der Waals surface area contributed by atoms with E-state index in [1.54, 1.807) is 6.20 Å². The van der Waals surface area contributed by atoms with E-state index in [1.165, 1.54) is 6.20 Å². The van der Waals surface area contributed by atoms with Crippen LogP contribution in [-0.4, -0.2) is 44.8 Å². The van der Waals surface area contributed by atoms with Crippen molar-refractivity contribution in [1.29, 1.82) is 0 Å². The molecule has 3 heterocycles. The number of rotatable bonds is 3. The van der Waals surface area contributed by atoms with Crippen LogP contribution in [-0.2, 0) is 0 Å². The summed E-state index contributed by atoms with van der Waals surface area (Å²) in [4.78, 5) is 10.5. The Kier molecular flexibility index (Phi) is 4.07. The van der Waals surface area contributed by atoms with Crippen LogP contribution in [0.2, 0.25) is 0 Å². The molecule has 8 heteroatoms. The number of nitrogens with two attached hydrogens (primary N) is 1. The summed E-state index contributed by atoms with van der Waals surface area (Å²) >= 11 is 3.25. The second kappa shape index (κ2) is 5.98. The van der Waals surface area contributed by atoms with E-state index >= 15 is 0 Å². The molecule has 0 aliphatic carbocycles.